The van der Waals surface area contributed by atoms with Gasteiger partial charge in [0.05, 0.1) is 6.54 Å². The van der Waals surface area contributed by atoms with E-state index in [9.17, 15) is 0 Å². The van der Waals surface area contributed by atoms with Gasteiger partial charge in [0.25, 0.3) is 0 Å². The van der Waals surface area contributed by atoms with E-state index < -0.39 is 0 Å². The summed E-state index contributed by atoms with van der Waals surface area (Å²) in [6.45, 7) is 16.4. The third-order valence-corrected chi connectivity index (χ3v) is 4.74. The van der Waals surface area contributed by atoms with Crippen LogP contribution in [0.25, 0.3) is 0 Å². The average Bonchev–Trinajstić information content (AvgIpc) is 2.73. The number of nitrogens with zero attached hydrogens (tertiary/aromatic N) is 1. The molecule has 2 atom stereocenters. The molecule has 1 aromatic heterocycles. The Balaban J connectivity index is 1.99. The Hall–Kier alpha value is -0.800. The van der Waals surface area contributed by atoms with E-state index in [-0.39, 0.29) is 5.54 Å². The molecule has 120 valence electrons. The van der Waals surface area contributed by atoms with E-state index in [1.54, 1.807) is 0 Å². The van der Waals surface area contributed by atoms with Gasteiger partial charge in [-0.3, -0.25) is 4.90 Å². The molecule has 0 aromatic carbocycles. The summed E-state index contributed by atoms with van der Waals surface area (Å²) < 4.78 is 5.92. The number of nitrogens with one attached hydrogen (secondary N) is 1. The van der Waals surface area contributed by atoms with Gasteiger partial charge in [-0.2, -0.15) is 0 Å². The third-order valence-electron chi connectivity index (χ3n) is 4.74. The van der Waals surface area contributed by atoms with Crippen LogP contribution in [0, 0.1) is 12.8 Å². The van der Waals surface area contributed by atoms with Crippen LogP contribution in [0.2, 0.25) is 0 Å². The lowest BCUT2D eigenvalue weighted by atomic mass is 9.92. The number of likely N-dealkylation sites (tertiary alicyclic amines) is 1. The molecule has 1 aliphatic heterocycles. The van der Waals surface area contributed by atoms with Crippen LogP contribution in [0.5, 0.6) is 0 Å². The maximum Gasteiger partial charge on any atom is 0.118 e. The quantitative estimate of drug-likeness (QED) is 0.906. The summed E-state index contributed by atoms with van der Waals surface area (Å²) in [4.78, 5) is 2.60. The first-order valence-electron chi connectivity index (χ1n) is 8.33. The smallest absolute Gasteiger partial charge is 0.118 e. The fourth-order valence-electron chi connectivity index (χ4n) is 3.05. The van der Waals surface area contributed by atoms with Gasteiger partial charge in [0, 0.05) is 23.7 Å². The van der Waals surface area contributed by atoms with Crippen molar-refractivity contribution in [3.8, 4) is 0 Å². The Labute approximate surface area is 130 Å². The largest absolute Gasteiger partial charge is 0.465 e. The van der Waals surface area contributed by atoms with Crippen molar-refractivity contribution in [2.24, 2.45) is 5.92 Å². The molecule has 0 saturated carbocycles. The number of piperidine rings is 1. The van der Waals surface area contributed by atoms with Crippen molar-refractivity contribution in [1.29, 1.82) is 0 Å². The van der Waals surface area contributed by atoms with Crippen molar-refractivity contribution < 1.29 is 4.42 Å². The van der Waals surface area contributed by atoms with Crippen LogP contribution in [0.15, 0.2) is 10.5 Å². The van der Waals surface area contributed by atoms with Gasteiger partial charge in [-0.15, -0.1) is 0 Å². The van der Waals surface area contributed by atoms with E-state index in [0.717, 1.165) is 30.5 Å². The monoisotopic (exact) mass is 292 g/mol. The van der Waals surface area contributed by atoms with E-state index in [1.807, 2.05) is 0 Å². The van der Waals surface area contributed by atoms with E-state index in [4.69, 9.17) is 4.42 Å². The second-order valence-electron chi connectivity index (χ2n) is 7.73. The number of hydrogen-bond donors (Lipinski definition) is 1. The van der Waals surface area contributed by atoms with Crippen LogP contribution in [0.1, 0.15) is 64.5 Å². The second-order valence-corrected chi connectivity index (χ2v) is 7.73. The normalized spacial score (nSPS) is 24.5. The molecule has 1 saturated heterocycles. The fraction of sp³-hybridized carbons (Fsp3) is 0.778. The number of rotatable bonds is 4. The predicted molar refractivity (Wildman–Crippen MR) is 88.3 cm³/mol. The van der Waals surface area contributed by atoms with Crippen molar-refractivity contribution in [3.05, 3.63) is 23.2 Å². The summed E-state index contributed by atoms with van der Waals surface area (Å²) in [7, 11) is 0. The molecule has 2 rings (SSSR count). The number of hydrogen-bond acceptors (Lipinski definition) is 3. The lowest BCUT2D eigenvalue weighted by molar-refractivity contribution is 0.106. The summed E-state index contributed by atoms with van der Waals surface area (Å²) in [5.74, 6) is 2.93. The molecule has 1 aliphatic rings. The minimum atomic E-state index is 0.123. The molecule has 0 bridgehead atoms. The highest BCUT2D eigenvalue weighted by molar-refractivity contribution is 5.21. The summed E-state index contributed by atoms with van der Waals surface area (Å²) in [5.41, 5.74) is 1.47. The van der Waals surface area contributed by atoms with Crippen LogP contribution in [-0.2, 0) is 13.1 Å². The summed E-state index contributed by atoms with van der Waals surface area (Å²) >= 11 is 0. The molecule has 1 aromatic rings. The molecule has 0 spiro atoms. The highest BCUT2D eigenvalue weighted by Gasteiger charge is 2.25. The molecule has 2 unspecified atom stereocenters. The number of furan rings is 1. The Bertz CT molecular complexity index is 458. The average molecular weight is 292 g/mol. The molecule has 1 N–H and O–H groups in total. The van der Waals surface area contributed by atoms with Crippen molar-refractivity contribution in [1.82, 2.24) is 10.2 Å². The summed E-state index contributed by atoms with van der Waals surface area (Å²) in [6, 6.07) is 2.91. The highest BCUT2D eigenvalue weighted by atomic mass is 16.3. The van der Waals surface area contributed by atoms with Crippen LogP contribution in [0.3, 0.4) is 0 Å². The minimum absolute atomic E-state index is 0.123. The molecule has 0 radical (unpaired) electrons. The Kier molecular flexibility index (Phi) is 5.15. The van der Waals surface area contributed by atoms with Gasteiger partial charge in [0.2, 0.25) is 0 Å². The fourth-order valence-corrected chi connectivity index (χ4v) is 3.05. The van der Waals surface area contributed by atoms with Gasteiger partial charge in [0.15, 0.2) is 0 Å². The molecule has 21 heavy (non-hydrogen) atoms. The highest BCUT2D eigenvalue weighted by Crippen LogP contribution is 2.26. The zero-order chi connectivity index (χ0) is 15.6. The van der Waals surface area contributed by atoms with Gasteiger partial charge >= 0.3 is 0 Å². The van der Waals surface area contributed by atoms with E-state index >= 15 is 0 Å². The standard InChI is InChI=1S/C18H32N2O/c1-13-8-7-9-20(14(13)2)12-16-10-17(21-15(16)3)11-19-18(4,5)6/h10,13-14,19H,7-9,11-12H2,1-6H3. The third kappa shape index (κ3) is 4.58. The van der Waals surface area contributed by atoms with Crippen molar-refractivity contribution >= 4 is 0 Å². The van der Waals surface area contributed by atoms with Crippen LogP contribution in [0.4, 0.5) is 0 Å². The van der Waals surface area contributed by atoms with E-state index in [2.05, 4.69) is 57.8 Å². The summed E-state index contributed by atoms with van der Waals surface area (Å²) in [6.07, 6.45) is 2.68. The van der Waals surface area contributed by atoms with Crippen molar-refractivity contribution in [2.75, 3.05) is 6.54 Å². The molecular weight excluding hydrogens is 260 g/mol. The topological polar surface area (TPSA) is 28.4 Å². The first-order valence-corrected chi connectivity index (χ1v) is 8.33. The van der Waals surface area contributed by atoms with E-state index in [1.165, 1.54) is 24.9 Å². The van der Waals surface area contributed by atoms with Crippen LogP contribution < -0.4 is 5.32 Å². The first-order chi connectivity index (χ1) is 9.76. The van der Waals surface area contributed by atoms with Gasteiger partial charge in [-0.05, 0) is 66.0 Å². The van der Waals surface area contributed by atoms with Gasteiger partial charge < -0.3 is 9.73 Å². The summed E-state index contributed by atoms with van der Waals surface area (Å²) in [5, 5.41) is 3.49. The number of aryl methyl sites for hydroxylation is 1. The van der Waals surface area contributed by atoms with Crippen molar-refractivity contribution in [2.45, 2.75) is 79.1 Å². The molecule has 3 nitrogen and oxygen atoms in total. The Morgan fingerprint density at radius 2 is 2.05 bits per heavy atom. The van der Waals surface area contributed by atoms with Gasteiger partial charge in [0.1, 0.15) is 11.5 Å². The predicted octanol–water partition coefficient (Wildman–Crippen LogP) is 4.10. The maximum absolute atomic E-state index is 5.92. The van der Waals surface area contributed by atoms with Crippen molar-refractivity contribution in [3.63, 3.8) is 0 Å². The van der Waals surface area contributed by atoms with Gasteiger partial charge in [-0.1, -0.05) is 6.92 Å². The zero-order valence-electron chi connectivity index (χ0n) is 14.6. The second kappa shape index (κ2) is 6.53. The molecule has 3 heteroatoms. The Morgan fingerprint density at radius 3 is 2.71 bits per heavy atom. The zero-order valence-corrected chi connectivity index (χ0v) is 14.6. The van der Waals surface area contributed by atoms with Crippen LogP contribution >= 0.6 is 0 Å². The maximum atomic E-state index is 5.92. The van der Waals surface area contributed by atoms with Crippen LogP contribution in [-0.4, -0.2) is 23.0 Å². The molecule has 2 heterocycles. The SMILES string of the molecule is Cc1oc(CNC(C)(C)C)cc1CN1CCCC(C)C1C. The molecular formula is C18H32N2O. The minimum Gasteiger partial charge on any atom is -0.465 e. The lowest BCUT2D eigenvalue weighted by Gasteiger charge is -2.37. The Morgan fingerprint density at radius 1 is 1.33 bits per heavy atom. The molecule has 1 fully saturated rings. The lowest BCUT2D eigenvalue weighted by Crippen LogP contribution is -2.41. The van der Waals surface area contributed by atoms with Gasteiger partial charge in [-0.25, -0.2) is 0 Å². The molecule has 0 amide bonds. The molecule has 0 aliphatic carbocycles. The first kappa shape index (κ1) is 16.6. The van der Waals surface area contributed by atoms with E-state index in [0.29, 0.717) is 6.04 Å².